The molecule has 6 heteroatoms. The van der Waals surface area contributed by atoms with Crippen LogP contribution < -0.4 is 5.32 Å². The number of hydrogen-bond donors (Lipinski definition) is 3. The van der Waals surface area contributed by atoms with Crippen LogP contribution in [0, 0.1) is 0 Å². The highest BCUT2D eigenvalue weighted by molar-refractivity contribution is 6.35. The van der Waals surface area contributed by atoms with Crippen molar-refractivity contribution >= 4 is 29.1 Å². The highest BCUT2D eigenvalue weighted by Crippen LogP contribution is 2.18. The molecule has 88 valence electrons. The Labute approximate surface area is 103 Å². The molecule has 0 spiro atoms. The van der Waals surface area contributed by atoms with Crippen molar-refractivity contribution in [3.8, 4) is 0 Å². The van der Waals surface area contributed by atoms with E-state index in [1.54, 1.807) is 0 Å². The minimum atomic E-state index is -0.974. The summed E-state index contributed by atoms with van der Waals surface area (Å²) < 4.78 is 0. The Morgan fingerprint density at radius 2 is 1.88 bits per heavy atom. The molecule has 1 amide bonds. The van der Waals surface area contributed by atoms with Gasteiger partial charge in [-0.2, -0.15) is 0 Å². The number of amides is 1. The smallest absolute Gasteiger partial charge is 0.251 e. The van der Waals surface area contributed by atoms with Gasteiger partial charge in [-0.25, -0.2) is 0 Å². The molecule has 1 unspecified atom stereocenters. The Bertz CT molecular complexity index is 364. The van der Waals surface area contributed by atoms with Crippen LogP contribution in [0.5, 0.6) is 0 Å². The second kappa shape index (κ2) is 6.06. The van der Waals surface area contributed by atoms with E-state index in [-0.39, 0.29) is 6.54 Å². The number of hydrogen-bond acceptors (Lipinski definition) is 3. The van der Waals surface area contributed by atoms with Crippen LogP contribution in [0.4, 0.5) is 0 Å². The van der Waals surface area contributed by atoms with E-state index >= 15 is 0 Å². The maximum Gasteiger partial charge on any atom is 0.251 e. The molecule has 4 nitrogen and oxygen atoms in total. The third-order valence-corrected chi connectivity index (χ3v) is 2.27. The van der Waals surface area contributed by atoms with E-state index in [1.165, 1.54) is 18.2 Å². The van der Waals surface area contributed by atoms with Crippen molar-refractivity contribution in [3.63, 3.8) is 0 Å². The molecule has 0 radical (unpaired) electrons. The molecule has 0 saturated carbocycles. The van der Waals surface area contributed by atoms with Gasteiger partial charge in [0.15, 0.2) is 0 Å². The first-order valence-corrected chi connectivity index (χ1v) is 5.31. The molecule has 16 heavy (non-hydrogen) atoms. The first-order chi connectivity index (χ1) is 7.52. The lowest BCUT2D eigenvalue weighted by molar-refractivity contribution is 0.0802. The quantitative estimate of drug-likeness (QED) is 0.762. The zero-order chi connectivity index (χ0) is 12.1. The fraction of sp³-hybridized carbons (Fsp3) is 0.300. The van der Waals surface area contributed by atoms with E-state index in [4.69, 9.17) is 33.4 Å². The number of benzene rings is 1. The van der Waals surface area contributed by atoms with Crippen LogP contribution in [0.2, 0.25) is 10.0 Å². The van der Waals surface area contributed by atoms with Crippen LogP contribution in [0.25, 0.3) is 0 Å². The minimum Gasteiger partial charge on any atom is -0.394 e. The highest BCUT2D eigenvalue weighted by Gasteiger charge is 2.09. The standard InChI is InChI=1S/C10H11Cl2NO3/c11-7-1-6(2-8(12)3-7)10(16)13-4-9(15)5-14/h1-3,9,14-15H,4-5H2,(H,13,16). The first kappa shape index (κ1) is 13.3. The zero-order valence-corrected chi connectivity index (χ0v) is 9.79. The number of rotatable bonds is 4. The van der Waals surface area contributed by atoms with Gasteiger partial charge in [0.1, 0.15) is 0 Å². The van der Waals surface area contributed by atoms with Crippen molar-refractivity contribution in [2.24, 2.45) is 0 Å². The Morgan fingerprint density at radius 1 is 1.31 bits per heavy atom. The van der Waals surface area contributed by atoms with Crippen LogP contribution in [0.15, 0.2) is 18.2 Å². The molecule has 0 aliphatic heterocycles. The molecule has 0 saturated heterocycles. The molecule has 1 aromatic carbocycles. The van der Waals surface area contributed by atoms with E-state index in [0.29, 0.717) is 15.6 Å². The number of carbonyl (C=O) groups excluding carboxylic acids is 1. The summed E-state index contributed by atoms with van der Waals surface area (Å²) in [4.78, 5) is 11.5. The maximum atomic E-state index is 11.5. The molecular formula is C10H11Cl2NO3. The number of aliphatic hydroxyl groups excluding tert-OH is 2. The third kappa shape index (κ3) is 3.98. The summed E-state index contributed by atoms with van der Waals surface area (Å²) in [6.45, 7) is -0.434. The normalized spacial score (nSPS) is 12.2. The zero-order valence-electron chi connectivity index (χ0n) is 8.28. The molecule has 1 aromatic rings. The third-order valence-electron chi connectivity index (χ3n) is 1.83. The molecule has 3 N–H and O–H groups in total. The van der Waals surface area contributed by atoms with Crippen LogP contribution >= 0.6 is 23.2 Å². The molecule has 0 aliphatic carbocycles. The molecule has 0 fully saturated rings. The van der Waals surface area contributed by atoms with E-state index in [9.17, 15) is 4.79 Å². The van der Waals surface area contributed by atoms with Gasteiger partial charge >= 0.3 is 0 Å². The van der Waals surface area contributed by atoms with Gasteiger partial charge in [0.25, 0.3) is 5.91 Å². The topological polar surface area (TPSA) is 69.6 Å². The van der Waals surface area contributed by atoms with Crippen LogP contribution in [0.3, 0.4) is 0 Å². The van der Waals surface area contributed by atoms with Gasteiger partial charge in [-0.05, 0) is 18.2 Å². The van der Waals surface area contributed by atoms with Gasteiger partial charge in [-0.15, -0.1) is 0 Å². The molecule has 1 atom stereocenters. The van der Waals surface area contributed by atoms with Gasteiger partial charge in [-0.1, -0.05) is 23.2 Å². The fourth-order valence-electron chi connectivity index (χ4n) is 1.06. The van der Waals surface area contributed by atoms with Crippen molar-refractivity contribution in [3.05, 3.63) is 33.8 Å². The summed E-state index contributed by atoms with van der Waals surface area (Å²) >= 11 is 11.5. The summed E-state index contributed by atoms with van der Waals surface area (Å²) in [5.74, 6) is -0.406. The average Bonchev–Trinajstić information content (AvgIpc) is 2.23. The number of nitrogens with one attached hydrogen (secondary N) is 1. The first-order valence-electron chi connectivity index (χ1n) is 4.56. The summed E-state index contributed by atoms with van der Waals surface area (Å²) in [5.41, 5.74) is 0.308. The van der Waals surface area contributed by atoms with Gasteiger partial charge in [0.2, 0.25) is 0 Å². The van der Waals surface area contributed by atoms with Crippen molar-refractivity contribution in [1.82, 2.24) is 5.32 Å². The monoisotopic (exact) mass is 263 g/mol. The van der Waals surface area contributed by atoms with E-state index in [2.05, 4.69) is 5.32 Å². The SMILES string of the molecule is O=C(NCC(O)CO)c1cc(Cl)cc(Cl)c1. The van der Waals surface area contributed by atoms with E-state index in [1.807, 2.05) is 0 Å². The molecule has 0 heterocycles. The lowest BCUT2D eigenvalue weighted by Gasteiger charge is -2.09. The van der Waals surface area contributed by atoms with Gasteiger partial charge in [0.05, 0.1) is 12.7 Å². The predicted octanol–water partition coefficient (Wildman–Crippen LogP) is 1.08. The average molecular weight is 264 g/mol. The van der Waals surface area contributed by atoms with Crippen molar-refractivity contribution in [1.29, 1.82) is 0 Å². The molecule has 0 bridgehead atoms. The van der Waals surface area contributed by atoms with Crippen molar-refractivity contribution in [2.75, 3.05) is 13.2 Å². The molecule has 0 aliphatic rings. The van der Waals surface area contributed by atoms with E-state index in [0.717, 1.165) is 0 Å². The second-order valence-electron chi connectivity index (χ2n) is 3.20. The number of aliphatic hydroxyl groups is 2. The lowest BCUT2D eigenvalue weighted by atomic mass is 10.2. The lowest BCUT2D eigenvalue weighted by Crippen LogP contribution is -2.33. The molecule has 0 aromatic heterocycles. The summed E-state index contributed by atoms with van der Waals surface area (Å²) in [7, 11) is 0. The number of halogens is 2. The predicted molar refractivity (Wildman–Crippen MR) is 61.9 cm³/mol. The van der Waals surface area contributed by atoms with Crippen molar-refractivity contribution < 1.29 is 15.0 Å². The molecular weight excluding hydrogens is 253 g/mol. The van der Waals surface area contributed by atoms with Crippen LogP contribution in [-0.4, -0.2) is 35.4 Å². The van der Waals surface area contributed by atoms with Gasteiger partial charge in [0, 0.05) is 22.2 Å². The summed E-state index contributed by atoms with van der Waals surface area (Å²) in [5, 5.41) is 20.8. The second-order valence-corrected chi connectivity index (χ2v) is 4.08. The van der Waals surface area contributed by atoms with Gasteiger partial charge < -0.3 is 15.5 Å². The Balaban J connectivity index is 2.66. The summed E-state index contributed by atoms with van der Waals surface area (Å²) in [6, 6.07) is 4.45. The Morgan fingerprint density at radius 3 is 2.38 bits per heavy atom. The number of carbonyl (C=O) groups is 1. The minimum absolute atomic E-state index is 0.0283. The maximum absolute atomic E-state index is 11.5. The summed E-state index contributed by atoms with van der Waals surface area (Å²) in [6.07, 6.45) is -0.974. The molecule has 1 rings (SSSR count). The van der Waals surface area contributed by atoms with Crippen LogP contribution in [0.1, 0.15) is 10.4 Å². The fourth-order valence-corrected chi connectivity index (χ4v) is 1.59. The van der Waals surface area contributed by atoms with E-state index < -0.39 is 18.6 Å². The van der Waals surface area contributed by atoms with Crippen LogP contribution in [-0.2, 0) is 0 Å². The van der Waals surface area contributed by atoms with Gasteiger partial charge in [-0.3, -0.25) is 4.79 Å². The Kier molecular flexibility index (Phi) is 5.02. The highest BCUT2D eigenvalue weighted by atomic mass is 35.5. The Hall–Kier alpha value is -0.810. The van der Waals surface area contributed by atoms with Crippen molar-refractivity contribution in [2.45, 2.75) is 6.10 Å². The largest absolute Gasteiger partial charge is 0.394 e.